The molecule has 2 aromatic rings. The van der Waals surface area contributed by atoms with E-state index in [1.54, 1.807) is 23.1 Å². The number of carbonyl (C=O) groups excluding carboxylic acids is 7. The second-order valence-electron chi connectivity index (χ2n) is 12.0. The van der Waals surface area contributed by atoms with Gasteiger partial charge in [0.15, 0.2) is 5.25 Å². The largest absolute Gasteiger partial charge is 0.356 e. The molecule has 6 amide bonds. The first-order chi connectivity index (χ1) is 25.3. The van der Waals surface area contributed by atoms with Crippen molar-refractivity contribution in [2.75, 3.05) is 23.7 Å². The molecule has 53 heavy (non-hydrogen) atoms. The minimum atomic E-state index is -4.98. The summed E-state index contributed by atoms with van der Waals surface area (Å²) >= 11 is 0.646. The summed E-state index contributed by atoms with van der Waals surface area (Å²) in [5, 5.41) is 4.50. The topological polar surface area (TPSA) is 226 Å². The number of amides is 6. The molecule has 2 aliphatic heterocycles. The van der Waals surface area contributed by atoms with Crippen molar-refractivity contribution >= 4 is 68.3 Å². The summed E-state index contributed by atoms with van der Waals surface area (Å²) < 4.78 is 32.1. The first kappa shape index (κ1) is 40.5. The lowest BCUT2D eigenvalue weighted by atomic mass is 10.0. The average molecular weight is 770 g/mol. The van der Waals surface area contributed by atoms with Crippen LogP contribution in [0.25, 0.3) is 0 Å². The molecule has 2 aliphatic rings. The molecule has 0 saturated carbocycles. The molecule has 4 rings (SSSR count). The summed E-state index contributed by atoms with van der Waals surface area (Å²) in [4.78, 5) is 95.4. The Morgan fingerprint density at radius 3 is 2.38 bits per heavy atom. The van der Waals surface area contributed by atoms with E-state index in [-0.39, 0.29) is 48.6 Å². The van der Waals surface area contributed by atoms with Gasteiger partial charge in [-0.2, -0.15) is 8.42 Å². The van der Waals surface area contributed by atoms with Gasteiger partial charge in [-0.3, -0.25) is 28.5 Å². The third-order valence-corrected chi connectivity index (χ3v) is 10.1. The molecule has 0 aliphatic carbocycles. The van der Waals surface area contributed by atoms with E-state index >= 15 is 0 Å². The Morgan fingerprint density at radius 2 is 1.66 bits per heavy atom. The van der Waals surface area contributed by atoms with Crippen molar-refractivity contribution in [2.45, 2.75) is 69.7 Å². The Kier molecular flexibility index (Phi) is 14.5. The molecule has 16 nitrogen and oxygen atoms in total. The number of nitrogens with zero attached hydrogens (tertiary/aromatic N) is 2. The monoisotopic (exact) mass is 769 g/mol. The van der Waals surface area contributed by atoms with Gasteiger partial charge in [0.2, 0.25) is 16.9 Å². The number of para-hydroxylation sites is 1. The van der Waals surface area contributed by atoms with Gasteiger partial charge in [-0.1, -0.05) is 73.7 Å². The van der Waals surface area contributed by atoms with Gasteiger partial charge in [0.25, 0.3) is 21.9 Å². The van der Waals surface area contributed by atoms with Gasteiger partial charge in [0, 0.05) is 42.8 Å². The number of hydrogen-bond acceptors (Lipinski definition) is 11. The highest BCUT2D eigenvalue weighted by molar-refractivity contribution is 8.13. The molecule has 2 atom stereocenters. The van der Waals surface area contributed by atoms with Crippen LogP contribution in [-0.2, 0) is 50.3 Å². The van der Waals surface area contributed by atoms with Crippen molar-refractivity contribution in [1.82, 2.24) is 21.0 Å². The van der Waals surface area contributed by atoms with Crippen LogP contribution in [-0.4, -0.2) is 88.9 Å². The van der Waals surface area contributed by atoms with Crippen LogP contribution in [0.4, 0.5) is 10.5 Å². The summed E-state index contributed by atoms with van der Waals surface area (Å²) in [6.07, 6.45) is 0.635. The number of carbonyl (C=O) groups is 7. The van der Waals surface area contributed by atoms with E-state index in [2.05, 4.69) is 27.8 Å². The van der Waals surface area contributed by atoms with Crippen molar-refractivity contribution in [3.05, 3.63) is 65.2 Å². The highest BCUT2D eigenvalue weighted by Crippen LogP contribution is 2.26. The van der Waals surface area contributed by atoms with E-state index in [9.17, 15) is 46.5 Å². The van der Waals surface area contributed by atoms with Gasteiger partial charge in [-0.05, 0) is 30.2 Å². The average Bonchev–Trinajstić information content (AvgIpc) is 3.39. The van der Waals surface area contributed by atoms with E-state index in [4.69, 9.17) is 4.84 Å². The second kappa shape index (κ2) is 19.0. The smallest absolute Gasteiger partial charge is 0.335 e. The number of urea groups is 1. The van der Waals surface area contributed by atoms with Crippen LogP contribution in [0.1, 0.15) is 68.6 Å². The van der Waals surface area contributed by atoms with Gasteiger partial charge >= 0.3 is 12.0 Å². The molecule has 2 unspecified atom stereocenters. The SMILES string of the molecule is CCCCCNC(=O)CCSC(=O)C(CC(=O)ON1C(=O)CC(S(=O)(=O)O)C1=O)NC(=O)NCCC(=O)N1Cc2ccccc2C#Cc2ccccc21. The second-order valence-corrected chi connectivity index (χ2v) is 14.7. The number of hydroxylamine groups is 2. The molecule has 2 aromatic carbocycles. The van der Waals surface area contributed by atoms with Gasteiger partial charge in [0.1, 0.15) is 6.04 Å². The number of anilines is 1. The van der Waals surface area contributed by atoms with Crippen LogP contribution in [0, 0.1) is 11.8 Å². The zero-order valence-electron chi connectivity index (χ0n) is 28.8. The number of benzene rings is 2. The number of rotatable bonds is 16. The van der Waals surface area contributed by atoms with Crippen LogP contribution < -0.4 is 20.9 Å². The van der Waals surface area contributed by atoms with Crippen LogP contribution >= 0.6 is 11.8 Å². The molecule has 0 spiro atoms. The summed E-state index contributed by atoms with van der Waals surface area (Å²) in [6.45, 7) is 2.54. The Morgan fingerprint density at radius 1 is 0.962 bits per heavy atom. The Bertz CT molecular complexity index is 1930. The minimum Gasteiger partial charge on any atom is -0.356 e. The molecule has 18 heteroatoms. The van der Waals surface area contributed by atoms with Crippen molar-refractivity contribution in [2.24, 2.45) is 0 Å². The zero-order chi connectivity index (χ0) is 38.5. The lowest BCUT2D eigenvalue weighted by Crippen LogP contribution is -2.48. The molecule has 4 N–H and O–H groups in total. The maximum atomic E-state index is 13.5. The molecule has 0 radical (unpaired) electrons. The Balaban J connectivity index is 1.38. The standard InChI is InChI=1S/C35H39N5O11S2/c1-2-3-8-17-36-29(41)16-19-52-34(46)26(20-32(44)51-40-31(43)21-28(33(40)45)53(48,49)50)38-35(47)37-18-15-30(42)39-22-25-11-5-4-9-23(25)13-14-24-10-6-7-12-27(24)39/h4-7,9-12,26,28H,2-3,8,15-22H2,1H3,(H,36,41)(H2,37,38,47)(H,48,49,50). The molecule has 0 bridgehead atoms. The van der Waals surface area contributed by atoms with Crippen LogP contribution in [0.15, 0.2) is 48.5 Å². The van der Waals surface area contributed by atoms with E-state index in [1.807, 2.05) is 37.3 Å². The van der Waals surface area contributed by atoms with Gasteiger partial charge < -0.3 is 25.7 Å². The number of imide groups is 1. The first-order valence-electron chi connectivity index (χ1n) is 16.8. The third-order valence-electron chi connectivity index (χ3n) is 8.05. The summed E-state index contributed by atoms with van der Waals surface area (Å²) in [6, 6.07) is 12.0. The molecular formula is C35H39N5O11S2. The summed E-state index contributed by atoms with van der Waals surface area (Å²) in [7, 11) is -4.98. The molecular weight excluding hydrogens is 731 g/mol. The highest BCUT2D eigenvalue weighted by atomic mass is 32.2. The summed E-state index contributed by atoms with van der Waals surface area (Å²) in [5.74, 6) is 1.52. The quantitative estimate of drug-likeness (QED) is 0.0831. The van der Waals surface area contributed by atoms with Gasteiger partial charge in [-0.15, -0.1) is 5.06 Å². The Hall–Kier alpha value is -5.25. The fourth-order valence-electron chi connectivity index (χ4n) is 5.28. The Labute approximate surface area is 310 Å². The van der Waals surface area contributed by atoms with Crippen molar-refractivity contribution in [3.8, 4) is 11.8 Å². The van der Waals surface area contributed by atoms with E-state index in [0.717, 1.165) is 30.4 Å². The normalized spacial score (nSPS) is 15.5. The van der Waals surface area contributed by atoms with Gasteiger partial charge in [-0.25, -0.2) is 9.59 Å². The van der Waals surface area contributed by atoms with Crippen molar-refractivity contribution in [1.29, 1.82) is 0 Å². The molecule has 282 valence electrons. The van der Waals surface area contributed by atoms with Crippen molar-refractivity contribution in [3.63, 3.8) is 0 Å². The fourth-order valence-corrected chi connectivity index (χ4v) is 6.82. The van der Waals surface area contributed by atoms with Crippen LogP contribution in [0.3, 0.4) is 0 Å². The lowest BCUT2D eigenvalue weighted by molar-refractivity contribution is -0.197. The van der Waals surface area contributed by atoms with Crippen LogP contribution in [0.2, 0.25) is 0 Å². The van der Waals surface area contributed by atoms with Crippen LogP contribution in [0.5, 0.6) is 0 Å². The molecule has 1 saturated heterocycles. The number of unbranched alkanes of at least 4 members (excludes halogenated alkanes) is 2. The maximum Gasteiger partial charge on any atom is 0.335 e. The predicted molar refractivity (Wildman–Crippen MR) is 192 cm³/mol. The number of hydrogen-bond donors (Lipinski definition) is 4. The minimum absolute atomic E-state index is 0.00819. The molecule has 1 fully saturated rings. The van der Waals surface area contributed by atoms with Crippen molar-refractivity contribution < 1.29 is 51.4 Å². The predicted octanol–water partition coefficient (Wildman–Crippen LogP) is 1.81. The number of fused-ring (bicyclic) bond motifs is 2. The highest BCUT2D eigenvalue weighted by Gasteiger charge is 2.48. The zero-order valence-corrected chi connectivity index (χ0v) is 30.4. The van der Waals surface area contributed by atoms with E-state index in [0.29, 0.717) is 29.6 Å². The van der Waals surface area contributed by atoms with Gasteiger partial charge in [0.05, 0.1) is 25.1 Å². The lowest BCUT2D eigenvalue weighted by Gasteiger charge is -2.26. The van der Waals surface area contributed by atoms with E-state index in [1.165, 1.54) is 0 Å². The summed E-state index contributed by atoms with van der Waals surface area (Å²) in [5.41, 5.74) is 2.84. The molecule has 2 heterocycles. The maximum absolute atomic E-state index is 13.5. The number of nitrogens with one attached hydrogen (secondary N) is 3. The van der Waals surface area contributed by atoms with E-state index < -0.39 is 63.2 Å². The number of thioether (sulfide) groups is 1. The third kappa shape index (κ3) is 11.6. The molecule has 0 aromatic heterocycles. The first-order valence-corrected chi connectivity index (χ1v) is 19.3. The fraction of sp³-hybridized carbons (Fsp3) is 0.400.